The molecule has 0 saturated carbocycles. The quantitative estimate of drug-likeness (QED) is 0.0793. The molecule has 0 bridgehead atoms. The molecule has 3 N–H and O–H groups in total. The molecule has 0 amide bonds. The average Bonchev–Trinajstić information content (AvgIpc) is 3.69. The minimum absolute atomic E-state index is 0. The molecule has 0 aliphatic carbocycles. The number of hydrogen-bond acceptors (Lipinski definition) is 6. The Bertz CT molecular complexity index is 1880. The Morgan fingerprint density at radius 3 is 2.67 bits per heavy atom. The molecule has 262 valence electrons. The van der Waals surface area contributed by atoms with E-state index in [1.54, 1.807) is 13.0 Å². The van der Waals surface area contributed by atoms with Gasteiger partial charge >= 0.3 is 5.97 Å². The van der Waals surface area contributed by atoms with Gasteiger partial charge in [0.2, 0.25) is 0 Å². The van der Waals surface area contributed by atoms with E-state index in [0.717, 1.165) is 95.1 Å². The molecule has 6 rings (SSSR count). The third kappa shape index (κ3) is 7.79. The van der Waals surface area contributed by atoms with Crippen molar-refractivity contribution in [3.05, 3.63) is 82.0 Å². The number of carbonyl (C=O) groups excluding carboxylic acids is 1. The van der Waals surface area contributed by atoms with Crippen molar-refractivity contribution in [1.29, 1.82) is 0 Å². The Hall–Kier alpha value is -3.92. The largest absolute Gasteiger partial charge is 0.493 e. The van der Waals surface area contributed by atoms with Gasteiger partial charge in [-0.05, 0) is 106 Å². The van der Waals surface area contributed by atoms with Crippen LogP contribution >= 0.6 is 11.6 Å². The first kappa shape index (κ1) is 36.4. The van der Waals surface area contributed by atoms with Crippen LogP contribution in [0.3, 0.4) is 0 Å². The number of aromatic amines is 2. The number of aryl methyl sites for hydroxylation is 2. The van der Waals surface area contributed by atoms with Crippen LogP contribution in [0.1, 0.15) is 86.9 Å². The number of H-pyrrole nitrogens is 2. The second-order valence-corrected chi connectivity index (χ2v) is 12.8. The van der Waals surface area contributed by atoms with E-state index in [1.807, 2.05) is 37.4 Å². The van der Waals surface area contributed by atoms with Gasteiger partial charge in [-0.3, -0.25) is 5.10 Å². The van der Waals surface area contributed by atoms with Crippen LogP contribution in [-0.4, -0.2) is 54.6 Å². The fourth-order valence-electron chi connectivity index (χ4n) is 6.99. The summed E-state index contributed by atoms with van der Waals surface area (Å²) in [5.41, 5.74) is 5.78. The lowest BCUT2D eigenvalue weighted by molar-refractivity contribution is 0.0519. The van der Waals surface area contributed by atoms with E-state index in [4.69, 9.17) is 30.9 Å². The molecule has 1 unspecified atom stereocenters. The maximum atomic E-state index is 13.8. The number of fused-ring (bicyclic) bond motifs is 2. The summed E-state index contributed by atoms with van der Waals surface area (Å²) in [4.78, 5) is 16.8. The highest BCUT2D eigenvalue weighted by Crippen LogP contribution is 2.43. The second kappa shape index (κ2) is 16.7. The van der Waals surface area contributed by atoms with Crippen molar-refractivity contribution in [3.8, 4) is 16.9 Å². The predicted molar refractivity (Wildman–Crippen MR) is 195 cm³/mol. The second-order valence-electron chi connectivity index (χ2n) is 12.4. The minimum Gasteiger partial charge on any atom is -0.493 e. The third-order valence-corrected chi connectivity index (χ3v) is 9.81. The molecule has 8 nitrogen and oxygen atoms in total. The first-order chi connectivity index (χ1) is 23.4. The maximum Gasteiger partial charge on any atom is 0.355 e. The Labute approximate surface area is 293 Å². The Morgan fingerprint density at radius 1 is 1.12 bits per heavy atom. The molecule has 10 heteroatoms. The van der Waals surface area contributed by atoms with E-state index in [0.29, 0.717) is 41.8 Å². The van der Waals surface area contributed by atoms with Crippen LogP contribution in [-0.2, 0) is 22.3 Å². The highest BCUT2D eigenvalue weighted by atomic mass is 35.5. The van der Waals surface area contributed by atoms with E-state index >= 15 is 0 Å². The summed E-state index contributed by atoms with van der Waals surface area (Å²) in [5.74, 6) is 0.646. The van der Waals surface area contributed by atoms with Crippen LogP contribution in [0, 0.1) is 11.7 Å². The number of aromatic nitrogens is 3. The van der Waals surface area contributed by atoms with Gasteiger partial charge in [0.1, 0.15) is 17.3 Å². The van der Waals surface area contributed by atoms with E-state index in [2.05, 4.69) is 22.3 Å². The summed E-state index contributed by atoms with van der Waals surface area (Å²) in [6.45, 7) is 6.23. The molecule has 5 aromatic rings. The molecular formula is C39H48ClFN4O4. The Morgan fingerprint density at radius 2 is 1.92 bits per heavy atom. The number of hydrogen-bond donors (Lipinski definition) is 3. The summed E-state index contributed by atoms with van der Waals surface area (Å²) in [5, 5.41) is 14.8. The zero-order chi connectivity index (χ0) is 33.6. The van der Waals surface area contributed by atoms with Gasteiger partial charge in [0.25, 0.3) is 0 Å². The number of carbonyl (C=O) groups is 1. The molecule has 1 fully saturated rings. The van der Waals surface area contributed by atoms with Crippen LogP contribution in [0.15, 0.2) is 48.5 Å². The maximum absolute atomic E-state index is 13.8. The average molecular weight is 691 g/mol. The molecule has 1 aliphatic heterocycles. The molecular weight excluding hydrogens is 643 g/mol. The SMILES string of the molecule is C.CCOC(=O)c1[nH]c2c(-c3c(C(CCC4CCOCC4)NC)n[nH]c3CC)c(Cl)ccc2c1CCCOc1cccc2cc(F)ccc12. The molecule has 3 heterocycles. The number of ether oxygens (including phenoxy) is 3. The molecule has 3 aromatic carbocycles. The van der Waals surface area contributed by atoms with Crippen molar-refractivity contribution in [2.75, 3.05) is 33.5 Å². The van der Waals surface area contributed by atoms with Crippen LogP contribution in [0.25, 0.3) is 32.8 Å². The molecule has 1 aliphatic rings. The lowest BCUT2D eigenvalue weighted by atomic mass is 9.89. The standard InChI is InChI=1S/C38H44ClFN4O4.CH4/c1-4-30-34(37(44-43-30)31(41-3)16-11-23-17-20-46-21-18-23)33-29(39)15-14-28-27(36(42-35(28)33)38(45)47-5-2)9-7-19-48-32-10-6-8-24-22-25(40)12-13-26(24)32;/h6,8,10,12-15,22-23,31,41-42H,4-5,7,9,11,16-21H2,1-3H3,(H,43,44);1H4. The van der Waals surface area contributed by atoms with Gasteiger partial charge in [0.15, 0.2) is 0 Å². The molecule has 1 atom stereocenters. The van der Waals surface area contributed by atoms with Gasteiger partial charge in [-0.1, -0.05) is 44.2 Å². The van der Waals surface area contributed by atoms with Crippen molar-refractivity contribution < 1.29 is 23.4 Å². The number of nitrogens with one attached hydrogen (secondary N) is 3. The number of benzene rings is 3. The first-order valence-electron chi connectivity index (χ1n) is 17.1. The summed E-state index contributed by atoms with van der Waals surface area (Å²) in [7, 11) is 1.98. The molecule has 0 radical (unpaired) electrons. The number of halogens is 2. The van der Waals surface area contributed by atoms with Gasteiger partial charge in [-0.2, -0.15) is 5.10 Å². The minimum atomic E-state index is -0.407. The Balaban J connectivity index is 0.00000468. The van der Waals surface area contributed by atoms with Gasteiger partial charge in [-0.25, -0.2) is 9.18 Å². The number of nitrogens with zero attached hydrogens (tertiary/aromatic N) is 1. The van der Waals surface area contributed by atoms with Crippen LogP contribution in [0.2, 0.25) is 5.02 Å². The van der Waals surface area contributed by atoms with Crippen molar-refractivity contribution in [1.82, 2.24) is 20.5 Å². The van der Waals surface area contributed by atoms with Gasteiger partial charge in [0, 0.05) is 40.8 Å². The van der Waals surface area contributed by atoms with E-state index < -0.39 is 5.97 Å². The fourth-order valence-corrected chi connectivity index (χ4v) is 7.25. The Kier molecular flexibility index (Phi) is 12.4. The van der Waals surface area contributed by atoms with Gasteiger partial charge in [0.05, 0.1) is 35.5 Å². The predicted octanol–water partition coefficient (Wildman–Crippen LogP) is 9.36. The van der Waals surface area contributed by atoms with Crippen molar-refractivity contribution in [3.63, 3.8) is 0 Å². The van der Waals surface area contributed by atoms with Crippen LogP contribution in [0.4, 0.5) is 4.39 Å². The summed E-state index contributed by atoms with van der Waals surface area (Å²) in [6, 6.07) is 14.2. The number of rotatable bonds is 14. The summed E-state index contributed by atoms with van der Waals surface area (Å²) in [6.07, 6.45) is 6.14. The zero-order valence-electron chi connectivity index (χ0n) is 27.9. The lowest BCUT2D eigenvalue weighted by Gasteiger charge is -2.24. The van der Waals surface area contributed by atoms with E-state index in [-0.39, 0.29) is 25.9 Å². The molecule has 0 spiro atoms. The lowest BCUT2D eigenvalue weighted by Crippen LogP contribution is -2.21. The normalized spacial score (nSPS) is 14.2. The smallest absolute Gasteiger partial charge is 0.355 e. The van der Waals surface area contributed by atoms with E-state index in [1.165, 1.54) is 12.1 Å². The summed E-state index contributed by atoms with van der Waals surface area (Å²) < 4.78 is 31.0. The topological polar surface area (TPSA) is 101 Å². The summed E-state index contributed by atoms with van der Waals surface area (Å²) >= 11 is 7.04. The van der Waals surface area contributed by atoms with Crippen molar-refractivity contribution in [2.24, 2.45) is 5.92 Å². The van der Waals surface area contributed by atoms with Crippen LogP contribution in [0.5, 0.6) is 5.75 Å². The van der Waals surface area contributed by atoms with Gasteiger partial charge in [-0.15, -0.1) is 0 Å². The van der Waals surface area contributed by atoms with Gasteiger partial charge < -0.3 is 24.5 Å². The van der Waals surface area contributed by atoms with Crippen LogP contribution < -0.4 is 10.1 Å². The fraction of sp³-hybridized carbons (Fsp3) is 0.436. The van der Waals surface area contributed by atoms with Crippen molar-refractivity contribution in [2.45, 2.75) is 72.3 Å². The molecule has 49 heavy (non-hydrogen) atoms. The third-order valence-electron chi connectivity index (χ3n) is 9.50. The monoisotopic (exact) mass is 690 g/mol. The highest BCUT2D eigenvalue weighted by Gasteiger charge is 2.28. The zero-order valence-corrected chi connectivity index (χ0v) is 28.6. The molecule has 1 saturated heterocycles. The highest BCUT2D eigenvalue weighted by molar-refractivity contribution is 6.35. The van der Waals surface area contributed by atoms with Crippen molar-refractivity contribution >= 4 is 39.2 Å². The molecule has 2 aromatic heterocycles. The van der Waals surface area contributed by atoms with E-state index in [9.17, 15) is 9.18 Å². The number of esters is 1. The first-order valence-corrected chi connectivity index (χ1v) is 17.4.